The van der Waals surface area contributed by atoms with Crippen molar-refractivity contribution in [2.45, 2.75) is 6.61 Å². The Bertz CT molecular complexity index is 558. The molecule has 3 nitrogen and oxygen atoms in total. The Balaban J connectivity index is 2.72. The van der Waals surface area contributed by atoms with Crippen molar-refractivity contribution in [3.63, 3.8) is 0 Å². The van der Waals surface area contributed by atoms with E-state index in [-0.39, 0.29) is 23.6 Å². The minimum atomic E-state index is -0.998. The lowest BCUT2D eigenvalue weighted by Crippen LogP contribution is -2.01. The number of benzene rings is 1. The largest absolute Gasteiger partial charge is 0.392 e. The molecular formula is C12H10F2N2O. The summed E-state index contributed by atoms with van der Waals surface area (Å²) in [6.07, 6.45) is 1.40. The van der Waals surface area contributed by atoms with E-state index in [0.29, 0.717) is 5.56 Å². The quantitative estimate of drug-likeness (QED) is 0.839. The highest BCUT2D eigenvalue weighted by atomic mass is 19.2. The molecule has 0 saturated heterocycles. The number of rotatable bonds is 2. The molecule has 0 bridgehead atoms. The Morgan fingerprint density at radius 2 is 2.00 bits per heavy atom. The van der Waals surface area contributed by atoms with Crippen LogP contribution in [0.4, 0.5) is 14.6 Å². The molecule has 5 heteroatoms. The van der Waals surface area contributed by atoms with Gasteiger partial charge in [-0.25, -0.2) is 13.8 Å². The van der Waals surface area contributed by atoms with E-state index in [1.54, 1.807) is 0 Å². The summed E-state index contributed by atoms with van der Waals surface area (Å²) in [6.45, 7) is -0.321. The lowest BCUT2D eigenvalue weighted by atomic mass is 10.0. The predicted molar refractivity (Wildman–Crippen MR) is 59.9 cm³/mol. The SMILES string of the molecule is Nc1nccc(CO)c1-c1cccc(F)c1F. The maximum atomic E-state index is 13.6. The molecule has 0 aliphatic carbocycles. The molecule has 3 N–H and O–H groups in total. The van der Waals surface area contributed by atoms with Crippen molar-refractivity contribution in [2.24, 2.45) is 0 Å². The van der Waals surface area contributed by atoms with Crippen LogP contribution in [0.25, 0.3) is 11.1 Å². The van der Waals surface area contributed by atoms with Crippen LogP contribution in [0.15, 0.2) is 30.5 Å². The first kappa shape index (κ1) is 11.5. The van der Waals surface area contributed by atoms with E-state index in [1.807, 2.05) is 0 Å². The summed E-state index contributed by atoms with van der Waals surface area (Å²) >= 11 is 0. The normalized spacial score (nSPS) is 10.5. The van der Waals surface area contributed by atoms with Crippen molar-refractivity contribution in [1.29, 1.82) is 0 Å². The first-order chi connectivity index (χ1) is 8.15. The molecule has 0 fully saturated rings. The summed E-state index contributed by atoms with van der Waals surface area (Å²) in [5.41, 5.74) is 6.27. The lowest BCUT2D eigenvalue weighted by Gasteiger charge is -2.10. The molecule has 0 aliphatic heterocycles. The third-order valence-corrected chi connectivity index (χ3v) is 2.46. The Labute approximate surface area is 96.5 Å². The molecule has 0 spiro atoms. The van der Waals surface area contributed by atoms with Crippen molar-refractivity contribution in [2.75, 3.05) is 5.73 Å². The fraction of sp³-hybridized carbons (Fsp3) is 0.0833. The van der Waals surface area contributed by atoms with E-state index in [2.05, 4.69) is 4.98 Å². The molecule has 2 rings (SSSR count). The van der Waals surface area contributed by atoms with Gasteiger partial charge < -0.3 is 10.8 Å². The topological polar surface area (TPSA) is 59.1 Å². The number of nitrogens with two attached hydrogens (primary N) is 1. The number of hydrogen-bond acceptors (Lipinski definition) is 3. The van der Waals surface area contributed by atoms with Gasteiger partial charge in [-0.15, -0.1) is 0 Å². The average Bonchev–Trinajstić information content (AvgIpc) is 2.33. The van der Waals surface area contributed by atoms with Crippen molar-refractivity contribution in [3.8, 4) is 11.1 Å². The molecule has 1 aromatic heterocycles. The summed E-state index contributed by atoms with van der Waals surface area (Å²) in [5.74, 6) is -1.91. The van der Waals surface area contributed by atoms with E-state index in [1.165, 1.54) is 24.4 Å². The molecule has 2 aromatic rings. The standard InChI is InChI=1S/C12H10F2N2O/c13-9-3-1-2-8(11(9)14)10-7(6-17)4-5-16-12(10)15/h1-5,17H,6H2,(H2,15,16). The zero-order valence-corrected chi connectivity index (χ0v) is 8.82. The zero-order valence-electron chi connectivity index (χ0n) is 8.82. The lowest BCUT2D eigenvalue weighted by molar-refractivity contribution is 0.282. The van der Waals surface area contributed by atoms with Gasteiger partial charge in [0.1, 0.15) is 5.82 Å². The maximum absolute atomic E-state index is 13.6. The van der Waals surface area contributed by atoms with Crippen LogP contribution in [-0.2, 0) is 6.61 Å². The molecule has 0 aliphatic rings. The van der Waals surface area contributed by atoms with Crippen LogP contribution >= 0.6 is 0 Å². The molecule has 0 radical (unpaired) electrons. The van der Waals surface area contributed by atoms with Crippen molar-refractivity contribution in [1.82, 2.24) is 4.98 Å². The number of pyridine rings is 1. The van der Waals surface area contributed by atoms with Gasteiger partial charge in [-0.3, -0.25) is 0 Å². The first-order valence-electron chi connectivity index (χ1n) is 4.93. The second-order valence-corrected chi connectivity index (χ2v) is 3.49. The van der Waals surface area contributed by atoms with Crippen LogP contribution in [0, 0.1) is 11.6 Å². The van der Waals surface area contributed by atoms with Crippen LogP contribution in [0.3, 0.4) is 0 Å². The van der Waals surface area contributed by atoms with Crippen LogP contribution in [0.2, 0.25) is 0 Å². The highest BCUT2D eigenvalue weighted by Gasteiger charge is 2.15. The molecule has 0 amide bonds. The van der Waals surface area contributed by atoms with Gasteiger partial charge in [0, 0.05) is 17.3 Å². The van der Waals surface area contributed by atoms with Gasteiger partial charge >= 0.3 is 0 Å². The smallest absolute Gasteiger partial charge is 0.166 e. The minimum Gasteiger partial charge on any atom is -0.392 e. The number of aliphatic hydroxyl groups is 1. The van der Waals surface area contributed by atoms with Crippen LogP contribution in [0.1, 0.15) is 5.56 Å². The van der Waals surface area contributed by atoms with Gasteiger partial charge in [-0.2, -0.15) is 0 Å². The number of aliphatic hydroxyl groups excluding tert-OH is 1. The second kappa shape index (κ2) is 4.47. The Kier molecular flexibility index (Phi) is 3.01. The monoisotopic (exact) mass is 236 g/mol. The van der Waals surface area contributed by atoms with Gasteiger partial charge in [0.2, 0.25) is 0 Å². The molecule has 0 unspecified atom stereocenters. The summed E-state index contributed by atoms with van der Waals surface area (Å²) in [7, 11) is 0. The third kappa shape index (κ3) is 1.97. The molecule has 0 saturated carbocycles. The molecule has 1 heterocycles. The van der Waals surface area contributed by atoms with E-state index in [9.17, 15) is 8.78 Å². The number of anilines is 1. The van der Waals surface area contributed by atoms with E-state index >= 15 is 0 Å². The van der Waals surface area contributed by atoms with E-state index in [4.69, 9.17) is 10.8 Å². The first-order valence-corrected chi connectivity index (χ1v) is 4.93. The van der Waals surface area contributed by atoms with Crippen LogP contribution in [-0.4, -0.2) is 10.1 Å². The van der Waals surface area contributed by atoms with Gasteiger partial charge in [0.25, 0.3) is 0 Å². The van der Waals surface area contributed by atoms with Gasteiger partial charge in [-0.1, -0.05) is 12.1 Å². The predicted octanol–water partition coefficient (Wildman–Crippen LogP) is 2.10. The fourth-order valence-corrected chi connectivity index (χ4v) is 1.66. The van der Waals surface area contributed by atoms with Crippen molar-refractivity contribution in [3.05, 3.63) is 47.7 Å². The molecular weight excluding hydrogens is 226 g/mol. The summed E-state index contributed by atoms with van der Waals surface area (Å²) < 4.78 is 26.8. The summed E-state index contributed by atoms with van der Waals surface area (Å²) in [5, 5.41) is 9.16. The number of hydrogen-bond donors (Lipinski definition) is 2. The Morgan fingerprint density at radius 1 is 1.24 bits per heavy atom. The van der Waals surface area contributed by atoms with Gasteiger partial charge in [0.05, 0.1) is 6.61 Å². The Hall–Kier alpha value is -2.01. The zero-order chi connectivity index (χ0) is 12.4. The highest BCUT2D eigenvalue weighted by Crippen LogP contribution is 2.31. The maximum Gasteiger partial charge on any atom is 0.166 e. The highest BCUT2D eigenvalue weighted by molar-refractivity contribution is 5.77. The fourth-order valence-electron chi connectivity index (χ4n) is 1.66. The van der Waals surface area contributed by atoms with Crippen molar-refractivity contribution < 1.29 is 13.9 Å². The third-order valence-electron chi connectivity index (χ3n) is 2.46. The number of nitrogens with zero attached hydrogens (tertiary/aromatic N) is 1. The van der Waals surface area contributed by atoms with E-state index in [0.717, 1.165) is 6.07 Å². The molecule has 1 aromatic carbocycles. The van der Waals surface area contributed by atoms with Gasteiger partial charge in [-0.05, 0) is 17.7 Å². The van der Waals surface area contributed by atoms with Crippen LogP contribution in [0.5, 0.6) is 0 Å². The Morgan fingerprint density at radius 3 is 2.71 bits per heavy atom. The number of halogens is 2. The average molecular weight is 236 g/mol. The van der Waals surface area contributed by atoms with E-state index < -0.39 is 11.6 Å². The number of nitrogen functional groups attached to an aromatic ring is 1. The van der Waals surface area contributed by atoms with Gasteiger partial charge in [0.15, 0.2) is 11.6 Å². The van der Waals surface area contributed by atoms with Crippen molar-refractivity contribution >= 4 is 5.82 Å². The molecule has 0 atom stereocenters. The second-order valence-electron chi connectivity index (χ2n) is 3.49. The van der Waals surface area contributed by atoms with Crippen LogP contribution < -0.4 is 5.73 Å². The molecule has 88 valence electrons. The summed E-state index contributed by atoms with van der Waals surface area (Å²) in [6, 6.07) is 5.30. The minimum absolute atomic E-state index is 0.000324. The summed E-state index contributed by atoms with van der Waals surface area (Å²) in [4.78, 5) is 3.81. The number of aromatic nitrogens is 1. The molecule has 17 heavy (non-hydrogen) atoms.